The average molecular weight is 162 g/mol. The van der Waals surface area contributed by atoms with Gasteiger partial charge in [-0.05, 0) is 6.92 Å². The zero-order chi connectivity index (χ0) is 7.61. The van der Waals surface area contributed by atoms with Gasteiger partial charge in [0.05, 0.1) is 16.5 Å². The zero-order valence-electron chi connectivity index (χ0n) is 6.44. The van der Waals surface area contributed by atoms with Gasteiger partial charge in [0.1, 0.15) is 0 Å². The normalized spacial score (nSPS) is 25.4. The lowest BCUT2D eigenvalue weighted by Gasteiger charge is -2.39. The minimum Gasteiger partial charge on any atom is -0.313 e. The third kappa shape index (κ3) is 1.78. The van der Waals surface area contributed by atoms with Crippen molar-refractivity contribution in [1.29, 1.82) is 0 Å². The van der Waals surface area contributed by atoms with Crippen molar-refractivity contribution in [3.63, 3.8) is 0 Å². The van der Waals surface area contributed by atoms with Gasteiger partial charge >= 0.3 is 0 Å². The molecule has 0 saturated carbocycles. The molecule has 1 aliphatic heterocycles. The Kier molecular flexibility index (Phi) is 2.44. The molecule has 1 heterocycles. The molecule has 0 aliphatic carbocycles. The lowest BCUT2D eigenvalue weighted by molar-refractivity contribution is 0.283. The van der Waals surface area contributed by atoms with Gasteiger partial charge in [-0.2, -0.15) is 0 Å². The fraction of sp³-hybridized carbons (Fsp3) is 1.00. The second-order valence-corrected chi connectivity index (χ2v) is 4.37. The summed E-state index contributed by atoms with van der Waals surface area (Å²) in [6.45, 7) is 5.85. The van der Waals surface area contributed by atoms with Crippen LogP contribution in [0.4, 0.5) is 0 Å². The molecular weight excluding hydrogens is 148 g/mol. The molecule has 1 rings (SSSR count). The molecule has 4 heteroatoms. The first-order valence-corrected chi connectivity index (χ1v) is 4.85. The van der Waals surface area contributed by atoms with Crippen molar-refractivity contribution in [2.24, 2.45) is 0 Å². The SMILES string of the molecule is CCS(=O)NC1(C)CNC1. The van der Waals surface area contributed by atoms with Crippen molar-refractivity contribution in [1.82, 2.24) is 10.0 Å². The summed E-state index contributed by atoms with van der Waals surface area (Å²) in [7, 11) is -0.835. The Morgan fingerprint density at radius 1 is 1.70 bits per heavy atom. The fourth-order valence-electron chi connectivity index (χ4n) is 0.919. The predicted molar refractivity (Wildman–Crippen MR) is 43.1 cm³/mol. The van der Waals surface area contributed by atoms with Crippen LogP contribution in [-0.2, 0) is 11.0 Å². The first-order chi connectivity index (χ1) is 4.66. The van der Waals surface area contributed by atoms with E-state index in [1.165, 1.54) is 0 Å². The molecule has 0 aromatic carbocycles. The van der Waals surface area contributed by atoms with Crippen molar-refractivity contribution in [3.05, 3.63) is 0 Å². The number of hydrogen-bond acceptors (Lipinski definition) is 2. The van der Waals surface area contributed by atoms with Gasteiger partial charge in [-0.3, -0.25) is 0 Å². The molecule has 1 fully saturated rings. The highest BCUT2D eigenvalue weighted by molar-refractivity contribution is 7.83. The highest BCUT2D eigenvalue weighted by Crippen LogP contribution is 2.08. The van der Waals surface area contributed by atoms with Crippen LogP contribution in [0.15, 0.2) is 0 Å². The summed E-state index contributed by atoms with van der Waals surface area (Å²) < 4.78 is 14.0. The van der Waals surface area contributed by atoms with Crippen LogP contribution < -0.4 is 10.0 Å². The largest absolute Gasteiger partial charge is 0.313 e. The van der Waals surface area contributed by atoms with E-state index >= 15 is 0 Å². The van der Waals surface area contributed by atoms with Gasteiger partial charge in [-0.15, -0.1) is 0 Å². The van der Waals surface area contributed by atoms with E-state index in [2.05, 4.69) is 17.0 Å². The molecule has 2 N–H and O–H groups in total. The lowest BCUT2D eigenvalue weighted by atomic mass is 9.97. The summed E-state index contributed by atoms with van der Waals surface area (Å²) in [5.41, 5.74) is 0.0842. The standard InChI is InChI=1S/C6H14N2OS/c1-3-10(9)8-6(2)4-7-5-6/h7-8H,3-5H2,1-2H3. The molecule has 60 valence electrons. The van der Waals surface area contributed by atoms with Crippen molar-refractivity contribution < 1.29 is 4.21 Å². The van der Waals surface area contributed by atoms with Gasteiger partial charge in [0.2, 0.25) is 0 Å². The average Bonchev–Trinajstić information content (AvgIpc) is 1.84. The smallest absolute Gasteiger partial charge is 0.0918 e. The number of hydrogen-bond donors (Lipinski definition) is 2. The van der Waals surface area contributed by atoms with Crippen LogP contribution in [0.2, 0.25) is 0 Å². The van der Waals surface area contributed by atoms with Crippen LogP contribution in [0, 0.1) is 0 Å². The van der Waals surface area contributed by atoms with Crippen molar-refractivity contribution >= 4 is 11.0 Å². The van der Waals surface area contributed by atoms with E-state index in [9.17, 15) is 4.21 Å². The molecule has 0 aromatic rings. The zero-order valence-corrected chi connectivity index (χ0v) is 7.25. The molecule has 0 bridgehead atoms. The molecule has 1 atom stereocenters. The van der Waals surface area contributed by atoms with Crippen LogP contribution in [-0.4, -0.2) is 28.6 Å². The summed E-state index contributed by atoms with van der Waals surface area (Å²) in [6.07, 6.45) is 0. The van der Waals surface area contributed by atoms with Gasteiger partial charge in [0, 0.05) is 18.8 Å². The van der Waals surface area contributed by atoms with E-state index in [1.807, 2.05) is 6.92 Å². The minimum absolute atomic E-state index is 0.0842. The Morgan fingerprint density at radius 2 is 2.30 bits per heavy atom. The molecule has 3 nitrogen and oxygen atoms in total. The lowest BCUT2D eigenvalue weighted by Crippen LogP contribution is -2.66. The van der Waals surface area contributed by atoms with Crippen LogP contribution in [0.5, 0.6) is 0 Å². The third-order valence-corrected chi connectivity index (χ3v) is 2.90. The summed E-state index contributed by atoms with van der Waals surface area (Å²) in [6, 6.07) is 0. The van der Waals surface area contributed by atoms with Gasteiger partial charge in [0.25, 0.3) is 0 Å². The van der Waals surface area contributed by atoms with Gasteiger partial charge < -0.3 is 5.32 Å². The summed E-state index contributed by atoms with van der Waals surface area (Å²) >= 11 is 0. The highest BCUT2D eigenvalue weighted by Gasteiger charge is 2.32. The second kappa shape index (κ2) is 2.98. The maximum absolute atomic E-state index is 11.0. The first kappa shape index (κ1) is 8.17. The third-order valence-electron chi connectivity index (χ3n) is 1.65. The molecule has 1 unspecified atom stereocenters. The monoisotopic (exact) mass is 162 g/mol. The molecule has 1 saturated heterocycles. The number of nitrogens with one attached hydrogen (secondary N) is 2. The molecule has 0 radical (unpaired) electrons. The minimum atomic E-state index is -0.835. The van der Waals surface area contributed by atoms with Crippen molar-refractivity contribution in [2.45, 2.75) is 19.4 Å². The summed E-state index contributed by atoms with van der Waals surface area (Å²) in [4.78, 5) is 0. The van der Waals surface area contributed by atoms with E-state index < -0.39 is 11.0 Å². The Morgan fingerprint density at radius 3 is 2.60 bits per heavy atom. The fourth-order valence-corrected chi connectivity index (χ4v) is 1.76. The second-order valence-electron chi connectivity index (χ2n) is 2.90. The summed E-state index contributed by atoms with van der Waals surface area (Å²) in [5, 5.41) is 3.13. The van der Waals surface area contributed by atoms with Gasteiger partial charge in [-0.25, -0.2) is 8.93 Å². The molecule has 0 spiro atoms. The van der Waals surface area contributed by atoms with Crippen LogP contribution >= 0.6 is 0 Å². The number of rotatable bonds is 3. The van der Waals surface area contributed by atoms with Gasteiger partial charge in [-0.1, -0.05) is 6.92 Å². The van der Waals surface area contributed by atoms with E-state index in [0.717, 1.165) is 13.1 Å². The highest BCUT2D eigenvalue weighted by atomic mass is 32.2. The molecular formula is C6H14N2OS. The van der Waals surface area contributed by atoms with Crippen LogP contribution in [0.3, 0.4) is 0 Å². The van der Waals surface area contributed by atoms with Crippen LogP contribution in [0.1, 0.15) is 13.8 Å². The predicted octanol–water partition coefficient (Wildman–Crippen LogP) is -0.379. The Labute approximate surface area is 64.2 Å². The van der Waals surface area contributed by atoms with Gasteiger partial charge in [0.15, 0.2) is 0 Å². The maximum atomic E-state index is 11.0. The first-order valence-electron chi connectivity index (χ1n) is 3.53. The quantitative estimate of drug-likeness (QED) is 0.594. The molecule has 1 aliphatic rings. The van der Waals surface area contributed by atoms with Crippen molar-refractivity contribution in [3.8, 4) is 0 Å². The topological polar surface area (TPSA) is 41.1 Å². The van der Waals surface area contributed by atoms with Crippen LogP contribution in [0.25, 0.3) is 0 Å². The Balaban J connectivity index is 2.29. The van der Waals surface area contributed by atoms with E-state index in [0.29, 0.717) is 5.75 Å². The Bertz CT molecular complexity index is 145. The van der Waals surface area contributed by atoms with E-state index in [-0.39, 0.29) is 5.54 Å². The summed E-state index contributed by atoms with van der Waals surface area (Å²) in [5.74, 6) is 0.690. The van der Waals surface area contributed by atoms with E-state index in [1.54, 1.807) is 0 Å². The Hall–Kier alpha value is 0.0700. The molecule has 0 amide bonds. The molecule has 0 aromatic heterocycles. The van der Waals surface area contributed by atoms with E-state index in [4.69, 9.17) is 0 Å². The maximum Gasteiger partial charge on any atom is 0.0918 e. The van der Waals surface area contributed by atoms with Crippen molar-refractivity contribution in [2.75, 3.05) is 18.8 Å². The molecule has 10 heavy (non-hydrogen) atoms.